The third-order valence-corrected chi connectivity index (χ3v) is 6.73. The Kier molecular flexibility index (Phi) is 5.27. The van der Waals surface area contributed by atoms with E-state index in [0.29, 0.717) is 17.8 Å². The first kappa shape index (κ1) is 22.6. The topological polar surface area (TPSA) is 118 Å². The molecular weight excluding hydrogens is 592 g/mol. The highest BCUT2D eigenvalue weighted by atomic mass is 127. The van der Waals surface area contributed by atoms with E-state index in [4.69, 9.17) is 4.42 Å². The van der Waals surface area contributed by atoms with Gasteiger partial charge in [-0.15, -0.1) is 10.2 Å². The quantitative estimate of drug-likeness (QED) is 0.310. The summed E-state index contributed by atoms with van der Waals surface area (Å²) in [6.07, 6.45) is 0.367. The van der Waals surface area contributed by atoms with Gasteiger partial charge >= 0.3 is 18.0 Å². The normalized spacial score (nSPS) is 15.9. The van der Waals surface area contributed by atoms with Gasteiger partial charge in [-0.25, -0.2) is 14.5 Å². The van der Waals surface area contributed by atoms with E-state index in [2.05, 4.69) is 52.8 Å². The molecule has 6 rings (SSSR count). The summed E-state index contributed by atoms with van der Waals surface area (Å²) >= 11 is 2.07. The lowest BCUT2D eigenvalue weighted by Crippen LogP contribution is -2.41. The number of pyridine rings is 2. The molecule has 0 fully saturated rings. The minimum absolute atomic E-state index is 0.0833. The van der Waals surface area contributed by atoms with Gasteiger partial charge in [-0.2, -0.15) is 18.3 Å². The molecule has 1 amide bonds. The van der Waals surface area contributed by atoms with E-state index < -0.39 is 23.7 Å². The summed E-state index contributed by atoms with van der Waals surface area (Å²) < 4.78 is 48.4. The molecule has 0 saturated heterocycles. The second-order valence-electron chi connectivity index (χ2n) is 7.98. The number of aromatic amines is 1. The van der Waals surface area contributed by atoms with Crippen LogP contribution in [0.15, 0.2) is 53.5 Å². The Morgan fingerprint density at radius 2 is 2.06 bits per heavy atom. The molecule has 0 aromatic carbocycles. The maximum Gasteiger partial charge on any atom is 0.418 e. The molecule has 36 heavy (non-hydrogen) atoms. The van der Waals surface area contributed by atoms with Gasteiger partial charge in [0.05, 0.1) is 28.8 Å². The van der Waals surface area contributed by atoms with Gasteiger partial charge in [-0.3, -0.25) is 4.79 Å². The number of alkyl halides is 3. The van der Waals surface area contributed by atoms with E-state index in [9.17, 15) is 18.0 Å². The lowest BCUT2D eigenvalue weighted by Gasteiger charge is -2.32. The van der Waals surface area contributed by atoms with Crippen molar-refractivity contribution in [3.63, 3.8) is 0 Å². The molecule has 1 atom stereocenters. The maximum absolute atomic E-state index is 13.6. The average Bonchev–Trinajstić information content (AvgIpc) is 3.61. The Morgan fingerprint density at radius 3 is 2.86 bits per heavy atom. The van der Waals surface area contributed by atoms with Crippen LogP contribution in [0.25, 0.3) is 17.1 Å². The van der Waals surface area contributed by atoms with Crippen molar-refractivity contribution in [3.05, 3.63) is 81.2 Å². The van der Waals surface area contributed by atoms with Crippen molar-refractivity contribution in [1.29, 1.82) is 0 Å². The molecule has 1 aliphatic rings. The molecule has 6 heterocycles. The van der Waals surface area contributed by atoms with E-state index >= 15 is 0 Å². The fourth-order valence-corrected chi connectivity index (χ4v) is 4.85. The largest absolute Gasteiger partial charge is 0.418 e. The molecule has 0 spiro atoms. The van der Waals surface area contributed by atoms with Crippen LogP contribution >= 0.6 is 22.6 Å². The zero-order valence-corrected chi connectivity index (χ0v) is 20.2. The van der Waals surface area contributed by atoms with Crippen molar-refractivity contribution in [3.8, 4) is 11.6 Å². The molecule has 0 saturated carbocycles. The molecule has 14 heteroatoms. The van der Waals surface area contributed by atoms with Gasteiger partial charge in [0.1, 0.15) is 11.7 Å². The molecule has 10 nitrogen and oxygen atoms in total. The number of carbonyl (C=O) groups excluding carboxylic acids is 1. The van der Waals surface area contributed by atoms with Gasteiger partial charge in [0.15, 0.2) is 0 Å². The number of fused-ring (bicyclic) bond motifs is 2. The predicted molar refractivity (Wildman–Crippen MR) is 126 cm³/mol. The van der Waals surface area contributed by atoms with E-state index in [0.717, 1.165) is 19.8 Å². The van der Waals surface area contributed by atoms with Crippen LogP contribution in [0, 0.1) is 3.57 Å². The summed E-state index contributed by atoms with van der Waals surface area (Å²) in [5.74, 6) is -0.776. The van der Waals surface area contributed by atoms with Crippen LogP contribution in [0.1, 0.15) is 39.4 Å². The van der Waals surface area contributed by atoms with E-state index in [-0.39, 0.29) is 29.5 Å². The van der Waals surface area contributed by atoms with Crippen LogP contribution in [0.4, 0.5) is 13.2 Å². The van der Waals surface area contributed by atoms with Crippen molar-refractivity contribution in [1.82, 2.24) is 39.7 Å². The number of nitrogens with one attached hydrogen (secondary N) is 1. The van der Waals surface area contributed by atoms with Crippen molar-refractivity contribution < 1.29 is 22.4 Å². The fourth-order valence-electron chi connectivity index (χ4n) is 4.27. The number of hydrogen-bond acceptors (Lipinski definition) is 7. The van der Waals surface area contributed by atoms with Gasteiger partial charge in [0, 0.05) is 34.6 Å². The second kappa shape index (κ2) is 8.39. The number of imidazole rings is 1. The van der Waals surface area contributed by atoms with Crippen LogP contribution in [0.5, 0.6) is 0 Å². The molecule has 1 aliphatic heterocycles. The molecular formula is C22H14F3IN8O2. The lowest BCUT2D eigenvalue weighted by atomic mass is 9.99. The number of aromatic nitrogens is 7. The highest BCUT2D eigenvalue weighted by Crippen LogP contribution is 2.37. The van der Waals surface area contributed by atoms with Crippen molar-refractivity contribution >= 4 is 34.0 Å². The Morgan fingerprint density at radius 1 is 1.19 bits per heavy atom. The lowest BCUT2D eigenvalue weighted by molar-refractivity contribution is -0.136. The Balaban J connectivity index is 1.42. The van der Waals surface area contributed by atoms with Gasteiger partial charge < -0.3 is 14.3 Å². The minimum atomic E-state index is -4.57. The average molecular weight is 606 g/mol. The first-order valence-corrected chi connectivity index (χ1v) is 11.7. The molecule has 0 aliphatic carbocycles. The third kappa shape index (κ3) is 3.71. The van der Waals surface area contributed by atoms with E-state index in [1.807, 2.05) is 6.07 Å². The summed E-state index contributed by atoms with van der Waals surface area (Å²) in [6, 6.07) is 6.30. The highest BCUT2D eigenvalue weighted by Gasteiger charge is 2.39. The fraction of sp³-hybridized carbons (Fsp3) is 0.182. The Hall–Kier alpha value is -3.82. The third-order valence-electron chi connectivity index (χ3n) is 5.86. The second-order valence-corrected chi connectivity index (χ2v) is 9.14. The summed E-state index contributed by atoms with van der Waals surface area (Å²) in [7, 11) is 0. The first-order valence-electron chi connectivity index (χ1n) is 10.6. The summed E-state index contributed by atoms with van der Waals surface area (Å²) in [4.78, 5) is 26.6. The maximum atomic E-state index is 13.6. The zero-order chi connectivity index (χ0) is 25.0. The summed E-state index contributed by atoms with van der Waals surface area (Å²) in [5, 5.41) is 12.3. The van der Waals surface area contributed by atoms with E-state index in [1.54, 1.807) is 12.3 Å². The van der Waals surface area contributed by atoms with Crippen molar-refractivity contribution in [2.75, 3.05) is 6.54 Å². The number of H-pyrrole nitrogens is 1. The monoisotopic (exact) mass is 606 g/mol. The SMILES string of the molecule is O=C(c1nnc(-c2ncccc2I)o1)N1CCc2[nH]cnc2[C@H]1c1cc2c(C(F)(F)F)cccn2n1. The number of carbonyl (C=O) groups is 1. The van der Waals surface area contributed by atoms with Crippen LogP contribution in [0.3, 0.4) is 0 Å². The molecule has 5 aromatic heterocycles. The van der Waals surface area contributed by atoms with Gasteiger partial charge in [0.25, 0.3) is 5.89 Å². The minimum Gasteiger partial charge on any atom is -0.411 e. The number of halogens is 4. The Bertz CT molecular complexity index is 1610. The molecule has 1 N–H and O–H groups in total. The standard InChI is InChI=1S/C22H14F3IN8O2/c23-22(24,25)11-3-2-7-34-15(11)9-14(32-34)18-17-13(28-10-29-17)5-8-33(18)21(35)20-31-30-19(36-20)16-12(26)4-1-6-27-16/h1-4,6-7,9-10,18H,5,8H2,(H,28,29)/t18-/m1/s1. The van der Waals surface area contributed by atoms with Gasteiger partial charge in [-0.1, -0.05) is 0 Å². The number of hydrogen-bond donors (Lipinski definition) is 1. The van der Waals surface area contributed by atoms with Crippen molar-refractivity contribution in [2.24, 2.45) is 0 Å². The van der Waals surface area contributed by atoms with E-state index in [1.165, 1.54) is 29.6 Å². The summed E-state index contributed by atoms with van der Waals surface area (Å²) in [5.41, 5.74) is 0.976. The van der Waals surface area contributed by atoms with Crippen LogP contribution in [-0.4, -0.2) is 52.1 Å². The number of nitrogens with zero attached hydrogens (tertiary/aromatic N) is 7. The zero-order valence-electron chi connectivity index (χ0n) is 18.1. The molecule has 0 bridgehead atoms. The Labute approximate surface area is 213 Å². The number of amides is 1. The number of rotatable bonds is 3. The highest BCUT2D eigenvalue weighted by molar-refractivity contribution is 14.1. The predicted octanol–water partition coefficient (Wildman–Crippen LogP) is 3.91. The summed E-state index contributed by atoms with van der Waals surface area (Å²) in [6.45, 7) is 0.234. The van der Waals surface area contributed by atoms with Crippen LogP contribution in [-0.2, 0) is 12.6 Å². The van der Waals surface area contributed by atoms with Crippen molar-refractivity contribution in [2.45, 2.75) is 18.6 Å². The van der Waals surface area contributed by atoms with Gasteiger partial charge in [-0.05, 0) is 52.9 Å². The van der Waals surface area contributed by atoms with Crippen LogP contribution in [0.2, 0.25) is 0 Å². The van der Waals surface area contributed by atoms with Gasteiger partial charge in [0.2, 0.25) is 0 Å². The first-order chi connectivity index (χ1) is 17.3. The van der Waals surface area contributed by atoms with Crippen LogP contribution < -0.4 is 0 Å². The molecule has 0 unspecified atom stereocenters. The molecule has 0 radical (unpaired) electrons. The molecule has 182 valence electrons. The smallest absolute Gasteiger partial charge is 0.411 e. The molecule has 5 aromatic rings.